The van der Waals surface area contributed by atoms with Crippen molar-refractivity contribution in [3.8, 4) is 11.3 Å². The van der Waals surface area contributed by atoms with Gasteiger partial charge >= 0.3 is 6.03 Å². The second-order valence-electron chi connectivity index (χ2n) is 9.46. The van der Waals surface area contributed by atoms with E-state index < -0.39 is 0 Å². The molecule has 0 bridgehead atoms. The van der Waals surface area contributed by atoms with E-state index in [-0.39, 0.29) is 6.03 Å². The van der Waals surface area contributed by atoms with Crippen LogP contribution in [0.2, 0.25) is 5.02 Å². The molecular weight excluding hydrogens is 506 g/mol. The van der Waals surface area contributed by atoms with E-state index in [0.29, 0.717) is 23.8 Å². The maximum absolute atomic E-state index is 13.3. The van der Waals surface area contributed by atoms with Crippen LogP contribution in [0.5, 0.6) is 0 Å². The Bertz CT molecular complexity index is 1360. The molecule has 2 aromatic heterocycles. The molecule has 4 aromatic rings. The van der Waals surface area contributed by atoms with Crippen molar-refractivity contribution in [2.24, 2.45) is 0 Å². The lowest BCUT2D eigenvalue weighted by Gasteiger charge is -2.30. The second-order valence-corrected chi connectivity index (χ2v) is 10.7. The van der Waals surface area contributed by atoms with Gasteiger partial charge < -0.3 is 15.0 Å². The minimum Gasteiger partial charge on any atom is -0.379 e. The molecule has 9 heteroatoms. The number of fused-ring (bicyclic) bond motifs is 1. The number of carbonyl (C=O) groups excluding carboxylic acids is 1. The topological polar surface area (TPSA) is 62.1 Å². The highest BCUT2D eigenvalue weighted by atomic mass is 35.5. The molecule has 194 valence electrons. The zero-order valence-corrected chi connectivity index (χ0v) is 22.8. The largest absolute Gasteiger partial charge is 0.379 e. The van der Waals surface area contributed by atoms with Gasteiger partial charge in [0.1, 0.15) is 0 Å². The Morgan fingerprint density at radius 2 is 1.92 bits per heavy atom. The number of nitrogens with zero attached hydrogens (tertiary/aromatic N) is 4. The quantitative estimate of drug-likeness (QED) is 0.311. The molecule has 1 aliphatic heterocycles. The minimum absolute atomic E-state index is 0.120. The van der Waals surface area contributed by atoms with Crippen LogP contribution in [0, 0.1) is 13.8 Å². The number of thiazole rings is 1. The van der Waals surface area contributed by atoms with Gasteiger partial charge in [-0.3, -0.25) is 9.30 Å². The summed E-state index contributed by atoms with van der Waals surface area (Å²) < 4.78 is 7.63. The summed E-state index contributed by atoms with van der Waals surface area (Å²) in [7, 11) is 0. The van der Waals surface area contributed by atoms with Crippen molar-refractivity contribution in [3.05, 3.63) is 75.9 Å². The third-order valence-corrected chi connectivity index (χ3v) is 8.06. The fraction of sp³-hybridized carbons (Fsp3) is 0.357. The van der Waals surface area contributed by atoms with Gasteiger partial charge in [0.25, 0.3) is 0 Å². The molecule has 0 radical (unpaired) electrons. The first-order chi connectivity index (χ1) is 18.0. The number of halogens is 1. The molecule has 2 amide bonds. The lowest BCUT2D eigenvalue weighted by molar-refractivity contribution is 0.0352. The van der Waals surface area contributed by atoms with Gasteiger partial charge in [0.2, 0.25) is 0 Å². The van der Waals surface area contributed by atoms with Gasteiger partial charge in [-0.2, -0.15) is 0 Å². The highest BCUT2D eigenvalue weighted by Gasteiger charge is 2.19. The molecule has 0 atom stereocenters. The molecule has 37 heavy (non-hydrogen) atoms. The van der Waals surface area contributed by atoms with E-state index in [1.807, 2.05) is 24.0 Å². The molecule has 2 aromatic carbocycles. The fourth-order valence-electron chi connectivity index (χ4n) is 4.40. The number of morpholine rings is 1. The molecule has 3 heterocycles. The number of rotatable bonds is 8. The predicted molar refractivity (Wildman–Crippen MR) is 151 cm³/mol. The Kier molecular flexibility index (Phi) is 8.10. The van der Waals surface area contributed by atoms with Crippen LogP contribution < -0.4 is 5.32 Å². The third kappa shape index (κ3) is 6.33. The smallest absolute Gasteiger partial charge is 0.321 e. The number of benzene rings is 2. The Morgan fingerprint density at radius 1 is 1.14 bits per heavy atom. The number of hydrogen-bond donors (Lipinski definition) is 1. The number of imidazole rings is 1. The highest BCUT2D eigenvalue weighted by molar-refractivity contribution is 7.15. The summed E-state index contributed by atoms with van der Waals surface area (Å²) in [5.74, 6) is 0. The van der Waals surface area contributed by atoms with E-state index >= 15 is 0 Å². The van der Waals surface area contributed by atoms with Crippen LogP contribution in [0.15, 0.2) is 54.0 Å². The number of ether oxygens (including phenoxy) is 1. The molecule has 1 saturated heterocycles. The molecule has 0 aliphatic carbocycles. The van der Waals surface area contributed by atoms with Gasteiger partial charge in [-0.15, -0.1) is 11.3 Å². The number of aromatic nitrogens is 2. The van der Waals surface area contributed by atoms with Gasteiger partial charge in [0, 0.05) is 72.7 Å². The number of urea groups is 1. The van der Waals surface area contributed by atoms with Gasteiger partial charge in [0.15, 0.2) is 4.96 Å². The maximum atomic E-state index is 13.3. The van der Waals surface area contributed by atoms with Crippen molar-refractivity contribution >= 4 is 39.6 Å². The third-order valence-electron chi connectivity index (χ3n) is 6.77. The summed E-state index contributed by atoms with van der Waals surface area (Å²) >= 11 is 7.92. The predicted octanol–water partition coefficient (Wildman–Crippen LogP) is 5.74. The van der Waals surface area contributed by atoms with Gasteiger partial charge in [-0.25, -0.2) is 9.78 Å². The number of nitrogens with one attached hydrogen (secondary N) is 1. The monoisotopic (exact) mass is 537 g/mol. The summed E-state index contributed by atoms with van der Waals surface area (Å²) in [5, 5.41) is 5.82. The van der Waals surface area contributed by atoms with Crippen molar-refractivity contribution in [1.82, 2.24) is 19.2 Å². The molecule has 0 saturated carbocycles. The van der Waals surface area contributed by atoms with Crippen molar-refractivity contribution in [2.45, 2.75) is 20.3 Å². The first-order valence-electron chi connectivity index (χ1n) is 12.6. The zero-order chi connectivity index (χ0) is 25.8. The summed E-state index contributed by atoms with van der Waals surface area (Å²) in [5.41, 5.74) is 6.13. The first-order valence-corrected chi connectivity index (χ1v) is 13.9. The Balaban J connectivity index is 1.30. The van der Waals surface area contributed by atoms with Crippen LogP contribution in [0.3, 0.4) is 0 Å². The van der Waals surface area contributed by atoms with E-state index in [4.69, 9.17) is 21.3 Å². The number of anilines is 1. The lowest BCUT2D eigenvalue weighted by atomic mass is 10.1. The van der Waals surface area contributed by atoms with E-state index in [0.717, 1.165) is 66.7 Å². The minimum atomic E-state index is -0.120. The van der Waals surface area contributed by atoms with Gasteiger partial charge in [0.05, 0.1) is 18.9 Å². The van der Waals surface area contributed by atoms with Crippen LogP contribution in [-0.2, 0) is 11.2 Å². The SMILES string of the molecule is Cc1ccc(-c2cn3c(CCN(CCN4CCOCC4)C(=O)Nc4ccc(C)c(Cl)c4)csc3n2)cc1. The van der Waals surface area contributed by atoms with Gasteiger partial charge in [-0.1, -0.05) is 47.5 Å². The standard InChI is InChI=1S/C28H32ClN5O2S/c1-20-3-6-22(7-4-20)26-18-34-24(19-37-28(34)31-26)9-10-33(12-11-32-13-15-36-16-14-32)27(35)30-23-8-5-21(2)25(29)17-23/h3-8,17-19H,9-16H2,1-2H3,(H,30,35). The average molecular weight is 538 g/mol. The van der Waals surface area contributed by atoms with Crippen LogP contribution in [0.25, 0.3) is 16.2 Å². The molecule has 1 N–H and O–H groups in total. The average Bonchev–Trinajstić information content (AvgIpc) is 3.49. The number of amides is 2. The summed E-state index contributed by atoms with van der Waals surface area (Å²) in [4.78, 5) is 23.4. The highest BCUT2D eigenvalue weighted by Crippen LogP contribution is 2.25. The Labute approximate surface area is 226 Å². The normalized spacial score (nSPS) is 14.2. The first kappa shape index (κ1) is 25.7. The Morgan fingerprint density at radius 3 is 2.68 bits per heavy atom. The molecule has 1 aliphatic rings. The van der Waals surface area contributed by atoms with E-state index in [1.54, 1.807) is 17.4 Å². The zero-order valence-electron chi connectivity index (χ0n) is 21.2. The molecule has 0 spiro atoms. The molecule has 0 unspecified atom stereocenters. The van der Waals surface area contributed by atoms with Crippen molar-refractivity contribution in [1.29, 1.82) is 0 Å². The van der Waals surface area contributed by atoms with Crippen molar-refractivity contribution < 1.29 is 9.53 Å². The number of aryl methyl sites for hydroxylation is 2. The van der Waals surface area contributed by atoms with Crippen LogP contribution in [0.4, 0.5) is 10.5 Å². The van der Waals surface area contributed by atoms with Gasteiger partial charge in [-0.05, 0) is 31.5 Å². The van der Waals surface area contributed by atoms with Crippen molar-refractivity contribution in [3.63, 3.8) is 0 Å². The number of hydrogen-bond acceptors (Lipinski definition) is 5. The Hall–Kier alpha value is -2.91. The molecular formula is C28H32ClN5O2S. The maximum Gasteiger partial charge on any atom is 0.321 e. The number of carbonyl (C=O) groups is 1. The summed E-state index contributed by atoms with van der Waals surface area (Å²) in [6.07, 6.45) is 2.83. The van der Waals surface area contributed by atoms with E-state index in [1.165, 1.54) is 5.56 Å². The lowest BCUT2D eigenvalue weighted by Crippen LogP contribution is -2.45. The fourth-order valence-corrected chi connectivity index (χ4v) is 5.48. The van der Waals surface area contributed by atoms with Crippen molar-refractivity contribution in [2.75, 3.05) is 51.3 Å². The van der Waals surface area contributed by atoms with E-state index in [2.05, 4.69) is 57.4 Å². The summed E-state index contributed by atoms with van der Waals surface area (Å²) in [6, 6.07) is 13.9. The van der Waals surface area contributed by atoms with E-state index in [9.17, 15) is 4.79 Å². The molecule has 5 rings (SSSR count). The molecule has 7 nitrogen and oxygen atoms in total. The molecule has 1 fully saturated rings. The van der Waals surface area contributed by atoms with Crippen LogP contribution >= 0.6 is 22.9 Å². The second kappa shape index (κ2) is 11.6. The summed E-state index contributed by atoms with van der Waals surface area (Å²) in [6.45, 7) is 9.35. The van der Waals surface area contributed by atoms with Crippen LogP contribution in [0.1, 0.15) is 16.8 Å². The van der Waals surface area contributed by atoms with Crippen LogP contribution in [-0.4, -0.2) is 71.2 Å².